The molecule has 0 radical (unpaired) electrons. The molecule has 16 heavy (non-hydrogen) atoms. The third kappa shape index (κ3) is 5.91. The van der Waals surface area contributed by atoms with Gasteiger partial charge in [-0.25, -0.2) is 4.79 Å². The van der Waals surface area contributed by atoms with Crippen LogP contribution in [-0.2, 0) is 17.4 Å². The summed E-state index contributed by atoms with van der Waals surface area (Å²) in [4.78, 5) is 17.6. The standard InChI is InChI=1S/C6H5NO2.C5H5N.Cr/c8-6(9)5-2-1-3-7-4-5;1-2-4-6-5-3-1;/h1-4H,(H,8,9);1-5H;. The molecule has 2 heterocycles. The number of aromatic carboxylic acids is 1. The molecule has 0 aliphatic rings. The van der Waals surface area contributed by atoms with E-state index in [4.69, 9.17) is 5.11 Å². The monoisotopic (exact) mass is 254 g/mol. The average molecular weight is 254 g/mol. The Labute approximate surface area is 104 Å². The first-order valence-electron chi connectivity index (χ1n) is 4.29. The maximum absolute atomic E-state index is 10.2. The van der Waals surface area contributed by atoms with E-state index in [2.05, 4.69) is 9.97 Å². The van der Waals surface area contributed by atoms with Crippen LogP contribution in [0.1, 0.15) is 10.4 Å². The zero-order chi connectivity index (χ0) is 10.9. The molecule has 0 saturated heterocycles. The number of hydrogen-bond acceptors (Lipinski definition) is 3. The Balaban J connectivity index is 0.000000283. The van der Waals surface area contributed by atoms with Crippen LogP contribution in [0.25, 0.3) is 0 Å². The number of carbonyl (C=O) groups is 1. The third-order valence-corrected chi connectivity index (χ3v) is 1.47. The van der Waals surface area contributed by atoms with Crippen molar-refractivity contribution in [2.24, 2.45) is 0 Å². The summed E-state index contributed by atoms with van der Waals surface area (Å²) >= 11 is 0. The number of carboxylic acids is 1. The van der Waals surface area contributed by atoms with E-state index in [1.807, 2.05) is 18.2 Å². The minimum atomic E-state index is -0.942. The zero-order valence-corrected chi connectivity index (χ0v) is 9.63. The predicted molar refractivity (Wildman–Crippen MR) is 55.4 cm³/mol. The summed E-state index contributed by atoms with van der Waals surface area (Å²) in [6.07, 6.45) is 6.34. The van der Waals surface area contributed by atoms with Gasteiger partial charge < -0.3 is 5.11 Å². The molecule has 0 atom stereocenters. The molecule has 4 nitrogen and oxygen atoms in total. The Morgan fingerprint density at radius 1 is 1.00 bits per heavy atom. The first kappa shape index (κ1) is 14.3. The molecule has 0 aromatic carbocycles. The van der Waals surface area contributed by atoms with Crippen molar-refractivity contribution in [3.63, 3.8) is 0 Å². The second-order valence-corrected chi connectivity index (χ2v) is 2.57. The second-order valence-electron chi connectivity index (χ2n) is 2.57. The van der Waals surface area contributed by atoms with Gasteiger partial charge in [0.1, 0.15) is 0 Å². The van der Waals surface area contributed by atoms with Crippen LogP contribution < -0.4 is 0 Å². The molecule has 0 fully saturated rings. The minimum absolute atomic E-state index is 0. The van der Waals surface area contributed by atoms with E-state index in [-0.39, 0.29) is 22.9 Å². The molecule has 0 saturated carbocycles. The van der Waals surface area contributed by atoms with E-state index >= 15 is 0 Å². The molecular formula is C11H10CrN2O2. The summed E-state index contributed by atoms with van der Waals surface area (Å²) in [5.74, 6) is -0.942. The summed E-state index contributed by atoms with van der Waals surface area (Å²) in [5, 5.41) is 8.34. The van der Waals surface area contributed by atoms with E-state index in [1.165, 1.54) is 18.5 Å². The molecule has 2 aromatic heterocycles. The Hall–Kier alpha value is -1.70. The molecule has 0 bridgehead atoms. The van der Waals surface area contributed by atoms with Crippen LogP contribution >= 0.6 is 0 Å². The fourth-order valence-electron chi connectivity index (χ4n) is 0.802. The van der Waals surface area contributed by atoms with E-state index in [9.17, 15) is 4.79 Å². The topological polar surface area (TPSA) is 63.1 Å². The van der Waals surface area contributed by atoms with Gasteiger partial charge in [0.05, 0.1) is 5.56 Å². The largest absolute Gasteiger partial charge is 0.478 e. The van der Waals surface area contributed by atoms with Gasteiger partial charge in [-0.3, -0.25) is 9.97 Å². The van der Waals surface area contributed by atoms with Crippen molar-refractivity contribution in [1.82, 2.24) is 9.97 Å². The molecule has 1 N–H and O–H groups in total. The van der Waals surface area contributed by atoms with E-state index in [0.29, 0.717) is 0 Å². The number of pyridine rings is 2. The molecule has 82 valence electrons. The Morgan fingerprint density at radius 3 is 1.88 bits per heavy atom. The van der Waals surface area contributed by atoms with Gasteiger partial charge in [0, 0.05) is 42.1 Å². The minimum Gasteiger partial charge on any atom is -0.478 e. The van der Waals surface area contributed by atoms with Crippen molar-refractivity contribution in [3.8, 4) is 0 Å². The summed E-state index contributed by atoms with van der Waals surface area (Å²) in [6.45, 7) is 0. The van der Waals surface area contributed by atoms with Crippen LogP contribution in [0.4, 0.5) is 0 Å². The average Bonchev–Trinajstić information content (AvgIpc) is 2.33. The van der Waals surface area contributed by atoms with Crippen LogP contribution in [-0.4, -0.2) is 21.0 Å². The van der Waals surface area contributed by atoms with Gasteiger partial charge in [0.2, 0.25) is 0 Å². The maximum atomic E-state index is 10.2. The zero-order valence-electron chi connectivity index (χ0n) is 8.35. The van der Waals surface area contributed by atoms with Gasteiger partial charge in [-0.1, -0.05) is 6.07 Å². The Bertz CT molecular complexity index is 369. The van der Waals surface area contributed by atoms with Crippen molar-refractivity contribution in [1.29, 1.82) is 0 Å². The van der Waals surface area contributed by atoms with Gasteiger partial charge in [0.15, 0.2) is 0 Å². The van der Waals surface area contributed by atoms with E-state index < -0.39 is 5.97 Å². The van der Waals surface area contributed by atoms with Crippen molar-refractivity contribution in [3.05, 3.63) is 60.7 Å². The van der Waals surface area contributed by atoms with E-state index in [1.54, 1.807) is 18.5 Å². The van der Waals surface area contributed by atoms with Crippen LogP contribution in [0.2, 0.25) is 0 Å². The molecule has 2 aromatic rings. The van der Waals surface area contributed by atoms with Crippen molar-refractivity contribution in [2.75, 3.05) is 0 Å². The van der Waals surface area contributed by atoms with Gasteiger partial charge in [-0.2, -0.15) is 0 Å². The van der Waals surface area contributed by atoms with Gasteiger partial charge in [-0.15, -0.1) is 0 Å². The van der Waals surface area contributed by atoms with Crippen molar-refractivity contribution >= 4 is 5.97 Å². The summed E-state index contributed by atoms with van der Waals surface area (Å²) in [7, 11) is 0. The molecule has 0 aliphatic carbocycles. The smallest absolute Gasteiger partial charge is 0.337 e. The molecule has 0 unspecified atom stereocenters. The molecule has 0 aliphatic heterocycles. The number of carboxylic acid groups (broad SMARTS) is 1. The van der Waals surface area contributed by atoms with Gasteiger partial charge >= 0.3 is 5.97 Å². The normalized spacial score (nSPS) is 8.00. The SMILES string of the molecule is O=C(O)c1cccnc1.[Cr].c1ccncc1. The number of aromatic nitrogens is 2. The first-order chi connectivity index (χ1) is 7.30. The van der Waals surface area contributed by atoms with Crippen molar-refractivity contribution < 1.29 is 27.3 Å². The number of nitrogens with zero attached hydrogens (tertiary/aromatic N) is 2. The number of rotatable bonds is 1. The quantitative estimate of drug-likeness (QED) is 0.843. The van der Waals surface area contributed by atoms with Gasteiger partial charge in [0.25, 0.3) is 0 Å². The Morgan fingerprint density at radius 2 is 1.62 bits per heavy atom. The van der Waals surface area contributed by atoms with Crippen LogP contribution in [0.5, 0.6) is 0 Å². The predicted octanol–water partition coefficient (Wildman–Crippen LogP) is 1.86. The molecular weight excluding hydrogens is 244 g/mol. The van der Waals surface area contributed by atoms with Crippen molar-refractivity contribution in [2.45, 2.75) is 0 Å². The van der Waals surface area contributed by atoms with Crippen LogP contribution in [0.3, 0.4) is 0 Å². The first-order valence-corrected chi connectivity index (χ1v) is 4.29. The third-order valence-electron chi connectivity index (χ3n) is 1.47. The molecule has 0 amide bonds. The maximum Gasteiger partial charge on any atom is 0.337 e. The van der Waals surface area contributed by atoms with Gasteiger partial charge in [-0.05, 0) is 24.3 Å². The summed E-state index contributed by atoms with van der Waals surface area (Å²) < 4.78 is 0. The van der Waals surface area contributed by atoms with E-state index in [0.717, 1.165) is 0 Å². The Kier molecular flexibility index (Phi) is 7.69. The van der Waals surface area contributed by atoms with Crippen LogP contribution in [0, 0.1) is 0 Å². The molecule has 2 rings (SSSR count). The fraction of sp³-hybridized carbons (Fsp3) is 0. The fourth-order valence-corrected chi connectivity index (χ4v) is 0.802. The van der Waals surface area contributed by atoms with Crippen LogP contribution in [0.15, 0.2) is 55.1 Å². The molecule has 0 spiro atoms. The summed E-state index contributed by atoms with van der Waals surface area (Å²) in [6, 6.07) is 8.80. The number of hydrogen-bond donors (Lipinski definition) is 1. The molecule has 5 heteroatoms. The second kappa shape index (κ2) is 8.60. The summed E-state index contributed by atoms with van der Waals surface area (Å²) in [5.41, 5.74) is 0.220.